The van der Waals surface area contributed by atoms with E-state index in [0.29, 0.717) is 19.3 Å². The van der Waals surface area contributed by atoms with Crippen LogP contribution < -0.4 is 59.1 Å². The van der Waals surface area contributed by atoms with Crippen LogP contribution in [-0.2, 0) is 32.3 Å². The molecule has 0 aromatic heterocycles. The fourth-order valence-electron chi connectivity index (χ4n) is 0.285. The molecule has 8 nitrogen and oxygen atoms in total. The number of aldehydes is 2. The first-order chi connectivity index (χ1) is 6.88. The van der Waals surface area contributed by atoms with Crippen molar-refractivity contribution in [1.29, 1.82) is 0 Å². The fourth-order valence-corrected chi connectivity index (χ4v) is 0.285. The molecule has 0 rings (SSSR count). The van der Waals surface area contributed by atoms with Crippen LogP contribution in [0.25, 0.3) is 0 Å². The predicted octanol–water partition coefficient (Wildman–Crippen LogP) is -6.76. The van der Waals surface area contributed by atoms with Gasteiger partial charge in [0.2, 0.25) is 0 Å². The van der Waals surface area contributed by atoms with Crippen molar-refractivity contribution in [2.45, 2.75) is 19.3 Å². The number of rotatable bonds is 4. The zero-order valence-electron chi connectivity index (χ0n) is 9.44. The number of carbonyl (C=O) groups excluding carboxylic acids is 2. The minimum absolute atomic E-state index is 0. The van der Waals surface area contributed by atoms with Crippen molar-refractivity contribution in [1.82, 2.24) is 0 Å². The third-order valence-electron chi connectivity index (χ3n) is 0.644. The molecule has 0 saturated heterocycles. The summed E-state index contributed by atoms with van der Waals surface area (Å²) in [6, 6.07) is 0. The average Bonchev–Trinajstić information content (AvgIpc) is 2.03. The Morgan fingerprint density at radius 1 is 0.882 bits per heavy atom. The van der Waals surface area contributed by atoms with E-state index < -0.39 is 22.7 Å². The molecule has 0 bridgehead atoms. The van der Waals surface area contributed by atoms with Gasteiger partial charge in [0.25, 0.3) is 0 Å². The molecule has 0 aromatic rings. The van der Waals surface area contributed by atoms with Gasteiger partial charge in [-0.3, -0.25) is 0 Å². The standard InChI is InChI=1S/C5H8O2.2Na.2H2O3S/c6-4-2-1-3-5-7;;;2*1-4(2)3/h4-5H,1-3H2;;;2*(H2,1,2,3)/q;2*+1;;/p-2. The van der Waals surface area contributed by atoms with E-state index in [0.717, 1.165) is 12.6 Å². The van der Waals surface area contributed by atoms with Gasteiger partial charge in [-0.05, 0) is 6.42 Å². The molecule has 2 unspecified atom stereocenters. The number of hydrogen-bond donors (Lipinski definition) is 2. The van der Waals surface area contributed by atoms with Gasteiger partial charge in [0.15, 0.2) is 0 Å². The topological polar surface area (TPSA) is 155 Å². The summed E-state index contributed by atoms with van der Waals surface area (Å²) in [5.74, 6) is 0. The van der Waals surface area contributed by atoms with E-state index in [1.807, 2.05) is 0 Å². The van der Waals surface area contributed by atoms with Crippen LogP contribution in [0, 0.1) is 0 Å². The summed E-state index contributed by atoms with van der Waals surface area (Å²) in [5.41, 5.74) is 0. The summed E-state index contributed by atoms with van der Waals surface area (Å²) >= 11 is -5.72. The van der Waals surface area contributed by atoms with Crippen LogP contribution in [0.1, 0.15) is 19.3 Å². The molecule has 2 atom stereocenters. The van der Waals surface area contributed by atoms with Gasteiger partial charge in [-0.25, -0.2) is 8.42 Å². The molecule has 0 aliphatic heterocycles. The molecule has 0 heterocycles. The monoisotopic (exact) mass is 308 g/mol. The molecule has 0 radical (unpaired) electrons. The third-order valence-corrected chi connectivity index (χ3v) is 0.644. The molecule has 2 N–H and O–H groups in total. The van der Waals surface area contributed by atoms with Gasteiger partial charge in [0.1, 0.15) is 12.6 Å². The fraction of sp³-hybridized carbons (Fsp3) is 0.600. The van der Waals surface area contributed by atoms with E-state index >= 15 is 0 Å². The van der Waals surface area contributed by atoms with Crippen molar-refractivity contribution in [2.75, 3.05) is 0 Å². The van der Waals surface area contributed by atoms with Crippen LogP contribution in [0.3, 0.4) is 0 Å². The molecule has 0 spiro atoms. The van der Waals surface area contributed by atoms with Crippen LogP contribution in [-0.4, -0.2) is 39.2 Å². The minimum Gasteiger partial charge on any atom is -0.750 e. The SMILES string of the molecule is O=CCCCC=O.O=S([O-])O.O=S([O-])O.[Na+].[Na+]. The van der Waals surface area contributed by atoms with E-state index in [2.05, 4.69) is 0 Å². The van der Waals surface area contributed by atoms with Gasteiger partial charge in [-0.1, -0.05) is 0 Å². The maximum Gasteiger partial charge on any atom is 1.00 e. The van der Waals surface area contributed by atoms with Crippen molar-refractivity contribution >= 4 is 35.3 Å². The van der Waals surface area contributed by atoms with E-state index in [4.69, 9.17) is 26.6 Å². The first-order valence-corrected chi connectivity index (χ1v) is 5.38. The first kappa shape index (κ1) is 31.1. The van der Waals surface area contributed by atoms with E-state index in [1.54, 1.807) is 0 Å². The number of unbranched alkanes of at least 4 members (excludes halogenated alkanes) is 2. The predicted molar refractivity (Wildman–Crippen MR) is 49.1 cm³/mol. The summed E-state index contributed by atoms with van der Waals surface area (Å²) in [6.45, 7) is 0. The molecule has 0 aliphatic rings. The summed E-state index contributed by atoms with van der Waals surface area (Å²) in [6.07, 6.45) is 3.37. The number of hydrogen-bond acceptors (Lipinski definition) is 6. The Labute approximate surface area is 148 Å². The quantitative estimate of drug-likeness (QED) is 0.225. The smallest absolute Gasteiger partial charge is 0.750 e. The zero-order valence-corrected chi connectivity index (χ0v) is 15.1. The molecular weight excluding hydrogens is 298 g/mol. The first-order valence-electron chi connectivity index (χ1n) is 3.32. The van der Waals surface area contributed by atoms with Crippen molar-refractivity contribution in [3.8, 4) is 0 Å². The Hall–Kier alpha value is 1.48. The Balaban J connectivity index is -0.0000000425. The van der Waals surface area contributed by atoms with Gasteiger partial charge >= 0.3 is 59.1 Å². The normalized spacial score (nSPS) is 10.6. The molecule has 0 amide bonds. The van der Waals surface area contributed by atoms with Crippen LogP contribution >= 0.6 is 0 Å². The van der Waals surface area contributed by atoms with E-state index in [9.17, 15) is 9.59 Å². The minimum atomic E-state index is -2.86. The molecule has 0 saturated carbocycles. The summed E-state index contributed by atoms with van der Waals surface area (Å²) in [5, 5.41) is 0. The van der Waals surface area contributed by atoms with Gasteiger partial charge < -0.3 is 27.8 Å². The van der Waals surface area contributed by atoms with Gasteiger partial charge in [0, 0.05) is 12.8 Å². The van der Waals surface area contributed by atoms with Crippen LogP contribution in [0.15, 0.2) is 0 Å². The average molecular weight is 308 g/mol. The summed E-state index contributed by atoms with van der Waals surface area (Å²) < 4.78 is 48.2. The van der Waals surface area contributed by atoms with Crippen molar-refractivity contribution < 1.29 is 95.3 Å². The Morgan fingerprint density at radius 3 is 1.18 bits per heavy atom. The second-order valence-electron chi connectivity index (χ2n) is 1.70. The Kier molecular flexibility index (Phi) is 55.7. The maximum absolute atomic E-state index is 9.56. The second-order valence-corrected chi connectivity index (χ2v) is 2.57. The van der Waals surface area contributed by atoms with Gasteiger partial charge in [-0.15, -0.1) is 0 Å². The third kappa shape index (κ3) is 139. The largest absolute Gasteiger partial charge is 1.00 e. The summed E-state index contributed by atoms with van der Waals surface area (Å²) in [4.78, 5) is 19.1. The molecule has 12 heteroatoms. The Bertz CT molecular complexity index is 174. The number of carbonyl (C=O) groups is 2. The molecular formula is C5H10Na2O8S2. The molecule has 17 heavy (non-hydrogen) atoms. The van der Waals surface area contributed by atoms with E-state index in [-0.39, 0.29) is 59.1 Å². The molecule has 0 aliphatic carbocycles. The van der Waals surface area contributed by atoms with Crippen molar-refractivity contribution in [2.24, 2.45) is 0 Å². The second kappa shape index (κ2) is 30.5. The zero-order chi connectivity index (χ0) is 12.7. The molecule has 0 fully saturated rings. The van der Waals surface area contributed by atoms with Crippen molar-refractivity contribution in [3.05, 3.63) is 0 Å². The van der Waals surface area contributed by atoms with Crippen LogP contribution in [0.5, 0.6) is 0 Å². The van der Waals surface area contributed by atoms with Crippen LogP contribution in [0.4, 0.5) is 0 Å². The van der Waals surface area contributed by atoms with Crippen LogP contribution in [0.2, 0.25) is 0 Å². The van der Waals surface area contributed by atoms with Gasteiger partial charge in [-0.2, -0.15) is 0 Å². The molecule has 0 aromatic carbocycles. The van der Waals surface area contributed by atoms with Gasteiger partial charge in [0.05, 0.1) is 22.7 Å². The summed E-state index contributed by atoms with van der Waals surface area (Å²) in [7, 11) is 0. The van der Waals surface area contributed by atoms with E-state index in [1.165, 1.54) is 0 Å². The van der Waals surface area contributed by atoms with Crippen molar-refractivity contribution in [3.63, 3.8) is 0 Å². The Morgan fingerprint density at radius 2 is 1.06 bits per heavy atom. The maximum atomic E-state index is 9.56. The molecule has 92 valence electrons.